The highest BCUT2D eigenvalue weighted by Gasteiger charge is 2.39. The van der Waals surface area contributed by atoms with Crippen molar-refractivity contribution < 1.29 is 4.79 Å². The molecule has 0 aromatic rings. The van der Waals surface area contributed by atoms with E-state index in [9.17, 15) is 4.79 Å². The molecule has 0 bridgehead atoms. The maximum atomic E-state index is 11.6. The smallest absolute Gasteiger partial charge is 0.239 e. The molecule has 1 unspecified atom stereocenters. The second-order valence-electron chi connectivity index (χ2n) is 5.06. The van der Waals surface area contributed by atoms with Gasteiger partial charge in [-0.05, 0) is 38.9 Å². The van der Waals surface area contributed by atoms with Gasteiger partial charge in [0.05, 0.1) is 0 Å². The molecule has 88 valence electrons. The predicted octanol–water partition coefficient (Wildman–Crippen LogP) is 0.182. The van der Waals surface area contributed by atoms with Gasteiger partial charge in [-0.1, -0.05) is 13.8 Å². The number of carbonyl (C=O) groups excluding carboxylic acids is 1. The van der Waals surface area contributed by atoms with Crippen LogP contribution >= 0.6 is 0 Å². The molecule has 1 amide bonds. The quantitative estimate of drug-likeness (QED) is 0.700. The van der Waals surface area contributed by atoms with Crippen LogP contribution < -0.4 is 11.1 Å². The lowest BCUT2D eigenvalue weighted by Gasteiger charge is -2.40. The lowest BCUT2D eigenvalue weighted by Crippen LogP contribution is -2.64. The van der Waals surface area contributed by atoms with E-state index in [2.05, 4.69) is 24.1 Å². The van der Waals surface area contributed by atoms with Gasteiger partial charge in [0, 0.05) is 6.54 Å². The van der Waals surface area contributed by atoms with Crippen molar-refractivity contribution in [3.63, 3.8) is 0 Å². The lowest BCUT2D eigenvalue weighted by atomic mass is 9.88. The molecule has 15 heavy (non-hydrogen) atoms. The molecule has 1 fully saturated rings. The number of hydrogen-bond acceptors (Lipinski definition) is 3. The van der Waals surface area contributed by atoms with Gasteiger partial charge in [-0.25, -0.2) is 0 Å². The largest absolute Gasteiger partial charge is 0.368 e. The Kier molecular flexibility index (Phi) is 4.11. The number of likely N-dealkylation sites (N-methyl/N-ethyl adjacent to an activating group) is 1. The topological polar surface area (TPSA) is 58.4 Å². The molecule has 4 nitrogen and oxygen atoms in total. The highest BCUT2D eigenvalue weighted by molar-refractivity contribution is 5.85. The Balaban J connectivity index is 2.65. The Morgan fingerprint density at radius 3 is 2.73 bits per heavy atom. The Labute approximate surface area is 92.2 Å². The molecule has 0 saturated carbocycles. The first-order valence-electron chi connectivity index (χ1n) is 5.70. The Morgan fingerprint density at radius 1 is 1.60 bits per heavy atom. The molecule has 3 N–H and O–H groups in total. The summed E-state index contributed by atoms with van der Waals surface area (Å²) in [7, 11) is 2.04. The highest BCUT2D eigenvalue weighted by Crippen LogP contribution is 2.20. The molecule has 0 radical (unpaired) electrons. The zero-order chi connectivity index (χ0) is 11.5. The van der Waals surface area contributed by atoms with Crippen LogP contribution in [-0.2, 0) is 4.79 Å². The van der Waals surface area contributed by atoms with E-state index in [1.807, 2.05) is 7.05 Å². The molecular formula is C11H23N3O. The summed E-state index contributed by atoms with van der Waals surface area (Å²) in [6.45, 7) is 6.90. The molecule has 1 rings (SSSR count). The molecular weight excluding hydrogens is 190 g/mol. The number of nitrogens with two attached hydrogens (primary N) is 1. The van der Waals surface area contributed by atoms with Crippen molar-refractivity contribution >= 4 is 5.91 Å². The summed E-state index contributed by atoms with van der Waals surface area (Å²) in [6.07, 6.45) is 1.89. The van der Waals surface area contributed by atoms with Gasteiger partial charge >= 0.3 is 0 Å². The molecule has 1 saturated heterocycles. The summed E-state index contributed by atoms with van der Waals surface area (Å²) in [5, 5.41) is 3.35. The molecule has 1 aliphatic rings. The first-order chi connectivity index (χ1) is 6.96. The highest BCUT2D eigenvalue weighted by atomic mass is 16.1. The zero-order valence-electron chi connectivity index (χ0n) is 10.0. The maximum absolute atomic E-state index is 11.6. The molecule has 0 aromatic carbocycles. The van der Waals surface area contributed by atoms with Gasteiger partial charge in [0.2, 0.25) is 5.91 Å². The number of amides is 1. The van der Waals surface area contributed by atoms with E-state index in [-0.39, 0.29) is 5.91 Å². The normalized spacial score (nSPS) is 28.3. The maximum Gasteiger partial charge on any atom is 0.239 e. The number of piperidine rings is 1. The van der Waals surface area contributed by atoms with Gasteiger partial charge in [0.15, 0.2) is 0 Å². The number of primary amides is 1. The molecule has 0 aromatic heterocycles. The number of hydrogen-bond donors (Lipinski definition) is 2. The van der Waals surface area contributed by atoms with Crippen LogP contribution in [0.25, 0.3) is 0 Å². The van der Waals surface area contributed by atoms with E-state index in [0.717, 1.165) is 32.5 Å². The van der Waals surface area contributed by atoms with Crippen LogP contribution in [0.1, 0.15) is 26.7 Å². The van der Waals surface area contributed by atoms with Crippen molar-refractivity contribution in [2.75, 3.05) is 26.7 Å². The van der Waals surface area contributed by atoms with Gasteiger partial charge < -0.3 is 16.0 Å². The van der Waals surface area contributed by atoms with Crippen molar-refractivity contribution in [2.45, 2.75) is 32.2 Å². The second-order valence-corrected chi connectivity index (χ2v) is 5.06. The number of nitrogens with one attached hydrogen (secondary N) is 1. The molecule has 0 spiro atoms. The first-order valence-corrected chi connectivity index (χ1v) is 5.70. The molecule has 1 aliphatic heterocycles. The van der Waals surface area contributed by atoms with Gasteiger partial charge in [0.25, 0.3) is 0 Å². The standard InChI is InChI=1S/C11H23N3O/c1-9(2)7-13-11(10(12)15)5-4-6-14(3)8-11/h9,13H,4-8H2,1-3H3,(H2,12,15). The molecule has 1 heterocycles. The van der Waals surface area contributed by atoms with Crippen molar-refractivity contribution in [2.24, 2.45) is 11.7 Å². The minimum absolute atomic E-state index is 0.213. The average Bonchev–Trinajstić information content (AvgIpc) is 2.14. The van der Waals surface area contributed by atoms with Crippen LogP contribution in [0.3, 0.4) is 0 Å². The average molecular weight is 213 g/mol. The van der Waals surface area contributed by atoms with E-state index < -0.39 is 5.54 Å². The summed E-state index contributed by atoms with van der Waals surface area (Å²) in [5.41, 5.74) is 5.02. The van der Waals surface area contributed by atoms with E-state index in [1.54, 1.807) is 0 Å². The fourth-order valence-corrected chi connectivity index (χ4v) is 2.10. The Bertz CT molecular complexity index is 230. The Morgan fingerprint density at radius 2 is 2.27 bits per heavy atom. The lowest BCUT2D eigenvalue weighted by molar-refractivity contribution is -0.126. The summed E-state index contributed by atoms with van der Waals surface area (Å²) in [6, 6.07) is 0. The van der Waals surface area contributed by atoms with E-state index in [0.29, 0.717) is 5.92 Å². The molecule has 4 heteroatoms. The van der Waals surface area contributed by atoms with Crippen LogP contribution in [0.5, 0.6) is 0 Å². The van der Waals surface area contributed by atoms with Gasteiger partial charge in [-0.3, -0.25) is 4.79 Å². The van der Waals surface area contributed by atoms with Crippen LogP contribution in [0.15, 0.2) is 0 Å². The third kappa shape index (κ3) is 3.18. The van der Waals surface area contributed by atoms with Gasteiger partial charge in [0.1, 0.15) is 5.54 Å². The van der Waals surface area contributed by atoms with E-state index in [4.69, 9.17) is 5.73 Å². The van der Waals surface area contributed by atoms with Crippen LogP contribution in [-0.4, -0.2) is 43.0 Å². The van der Waals surface area contributed by atoms with Crippen molar-refractivity contribution in [1.29, 1.82) is 0 Å². The summed E-state index contributed by atoms with van der Waals surface area (Å²) >= 11 is 0. The van der Waals surface area contributed by atoms with Crippen LogP contribution in [0.4, 0.5) is 0 Å². The number of nitrogens with zero attached hydrogens (tertiary/aromatic N) is 1. The van der Waals surface area contributed by atoms with Crippen LogP contribution in [0, 0.1) is 5.92 Å². The summed E-state index contributed by atoms with van der Waals surface area (Å²) in [5.74, 6) is 0.322. The molecule has 0 aliphatic carbocycles. The number of likely N-dealkylation sites (tertiary alicyclic amines) is 1. The fraction of sp³-hybridized carbons (Fsp3) is 0.909. The van der Waals surface area contributed by atoms with Crippen molar-refractivity contribution in [3.05, 3.63) is 0 Å². The summed E-state index contributed by atoms with van der Waals surface area (Å²) in [4.78, 5) is 13.7. The fourth-order valence-electron chi connectivity index (χ4n) is 2.10. The predicted molar refractivity (Wildman–Crippen MR) is 61.5 cm³/mol. The third-order valence-electron chi connectivity index (χ3n) is 3.00. The SMILES string of the molecule is CC(C)CNC1(C(N)=O)CCCN(C)C1. The Hall–Kier alpha value is -0.610. The van der Waals surface area contributed by atoms with Gasteiger partial charge in [-0.15, -0.1) is 0 Å². The van der Waals surface area contributed by atoms with Crippen molar-refractivity contribution in [1.82, 2.24) is 10.2 Å². The minimum atomic E-state index is -0.503. The van der Waals surface area contributed by atoms with E-state index >= 15 is 0 Å². The molecule has 1 atom stereocenters. The number of carbonyl (C=O) groups is 1. The van der Waals surface area contributed by atoms with E-state index in [1.165, 1.54) is 0 Å². The third-order valence-corrected chi connectivity index (χ3v) is 3.00. The first kappa shape index (κ1) is 12.5. The van der Waals surface area contributed by atoms with Gasteiger partial charge in [-0.2, -0.15) is 0 Å². The van der Waals surface area contributed by atoms with Crippen molar-refractivity contribution in [3.8, 4) is 0 Å². The van der Waals surface area contributed by atoms with Crippen LogP contribution in [0.2, 0.25) is 0 Å². The zero-order valence-corrected chi connectivity index (χ0v) is 10.0. The monoisotopic (exact) mass is 213 g/mol. The summed E-state index contributed by atoms with van der Waals surface area (Å²) < 4.78 is 0. The number of rotatable bonds is 4. The minimum Gasteiger partial charge on any atom is -0.368 e. The second kappa shape index (κ2) is 4.94.